The van der Waals surface area contributed by atoms with E-state index in [0.717, 1.165) is 12.0 Å². The average Bonchev–Trinajstić information content (AvgIpc) is 2.16. The standard InChI is InChI=1S/C11H14ClF/c1-3-9-4-5-10(12)6-11(9)8(2)7-13/h4-6,8H,3,7H2,1-2H3. The van der Waals surface area contributed by atoms with Crippen molar-refractivity contribution in [3.05, 3.63) is 34.3 Å². The number of halogens is 2. The highest BCUT2D eigenvalue weighted by Gasteiger charge is 2.09. The molecule has 1 aromatic rings. The normalized spacial score (nSPS) is 12.9. The van der Waals surface area contributed by atoms with E-state index >= 15 is 0 Å². The maximum absolute atomic E-state index is 12.5. The predicted molar refractivity (Wildman–Crippen MR) is 55.2 cm³/mol. The summed E-state index contributed by atoms with van der Waals surface area (Å²) in [6.07, 6.45) is 0.927. The highest BCUT2D eigenvalue weighted by Crippen LogP contribution is 2.24. The quantitative estimate of drug-likeness (QED) is 0.693. The molecular weight excluding hydrogens is 187 g/mol. The van der Waals surface area contributed by atoms with Crippen molar-refractivity contribution in [3.63, 3.8) is 0 Å². The first-order valence-corrected chi connectivity index (χ1v) is 4.91. The van der Waals surface area contributed by atoms with Crippen LogP contribution in [-0.4, -0.2) is 6.67 Å². The molecule has 0 aliphatic heterocycles. The number of alkyl halides is 1. The van der Waals surface area contributed by atoms with E-state index in [9.17, 15) is 4.39 Å². The van der Waals surface area contributed by atoms with Gasteiger partial charge in [-0.3, -0.25) is 4.39 Å². The Kier molecular flexibility index (Phi) is 3.73. The van der Waals surface area contributed by atoms with Gasteiger partial charge < -0.3 is 0 Å². The number of hydrogen-bond acceptors (Lipinski definition) is 0. The molecule has 0 radical (unpaired) electrons. The van der Waals surface area contributed by atoms with E-state index in [2.05, 4.69) is 6.92 Å². The lowest BCUT2D eigenvalue weighted by Gasteiger charge is -2.12. The van der Waals surface area contributed by atoms with Crippen LogP contribution in [0.4, 0.5) is 4.39 Å². The zero-order valence-electron chi connectivity index (χ0n) is 7.98. The van der Waals surface area contributed by atoms with E-state index in [1.165, 1.54) is 5.56 Å². The smallest absolute Gasteiger partial charge is 0.0960 e. The number of benzene rings is 1. The Hall–Kier alpha value is -0.560. The van der Waals surface area contributed by atoms with E-state index in [1.807, 2.05) is 25.1 Å². The minimum atomic E-state index is -0.326. The third kappa shape index (κ3) is 2.44. The molecule has 0 saturated heterocycles. The summed E-state index contributed by atoms with van der Waals surface area (Å²) >= 11 is 5.85. The average molecular weight is 201 g/mol. The Balaban J connectivity index is 3.07. The summed E-state index contributed by atoms with van der Waals surface area (Å²) in [7, 11) is 0. The molecule has 0 heterocycles. The van der Waals surface area contributed by atoms with Gasteiger partial charge in [0.2, 0.25) is 0 Å². The van der Waals surface area contributed by atoms with Crippen molar-refractivity contribution in [2.24, 2.45) is 0 Å². The van der Waals surface area contributed by atoms with Crippen molar-refractivity contribution in [1.82, 2.24) is 0 Å². The molecule has 0 amide bonds. The molecule has 1 unspecified atom stereocenters. The summed E-state index contributed by atoms with van der Waals surface area (Å²) in [5, 5.41) is 0.688. The van der Waals surface area contributed by atoms with Gasteiger partial charge in [-0.25, -0.2) is 0 Å². The van der Waals surface area contributed by atoms with Gasteiger partial charge >= 0.3 is 0 Å². The van der Waals surface area contributed by atoms with Crippen LogP contribution >= 0.6 is 11.6 Å². The summed E-state index contributed by atoms with van der Waals surface area (Å²) in [5.41, 5.74) is 2.23. The van der Waals surface area contributed by atoms with Crippen molar-refractivity contribution < 1.29 is 4.39 Å². The molecule has 0 saturated carbocycles. The monoisotopic (exact) mass is 200 g/mol. The SMILES string of the molecule is CCc1ccc(Cl)cc1C(C)CF. The number of aryl methyl sites for hydroxylation is 1. The summed E-state index contributed by atoms with van der Waals surface area (Å²) in [6, 6.07) is 5.70. The van der Waals surface area contributed by atoms with Gasteiger partial charge in [-0.05, 0) is 29.7 Å². The van der Waals surface area contributed by atoms with Crippen LogP contribution in [0.5, 0.6) is 0 Å². The van der Waals surface area contributed by atoms with Crippen LogP contribution in [0.3, 0.4) is 0 Å². The van der Waals surface area contributed by atoms with Crippen molar-refractivity contribution in [1.29, 1.82) is 0 Å². The van der Waals surface area contributed by atoms with E-state index in [-0.39, 0.29) is 12.6 Å². The molecular formula is C11H14ClF. The largest absolute Gasteiger partial charge is 0.250 e. The van der Waals surface area contributed by atoms with Gasteiger partial charge in [0, 0.05) is 10.9 Å². The number of hydrogen-bond donors (Lipinski definition) is 0. The molecule has 0 nitrogen and oxygen atoms in total. The molecule has 0 N–H and O–H groups in total. The molecule has 1 atom stereocenters. The van der Waals surface area contributed by atoms with E-state index in [0.29, 0.717) is 5.02 Å². The summed E-state index contributed by atoms with van der Waals surface area (Å²) < 4.78 is 12.5. The van der Waals surface area contributed by atoms with Crippen molar-refractivity contribution in [2.45, 2.75) is 26.2 Å². The second kappa shape index (κ2) is 4.61. The summed E-state index contributed by atoms with van der Waals surface area (Å²) in [4.78, 5) is 0. The molecule has 2 heteroatoms. The Morgan fingerprint density at radius 1 is 1.46 bits per heavy atom. The predicted octanol–water partition coefficient (Wildman–Crippen LogP) is 3.98. The molecule has 13 heavy (non-hydrogen) atoms. The first-order valence-electron chi connectivity index (χ1n) is 4.53. The van der Waals surface area contributed by atoms with Crippen LogP contribution in [0.15, 0.2) is 18.2 Å². The summed E-state index contributed by atoms with van der Waals surface area (Å²) in [6.45, 7) is 3.62. The zero-order chi connectivity index (χ0) is 9.84. The van der Waals surface area contributed by atoms with E-state index < -0.39 is 0 Å². The molecule has 0 aliphatic rings. The van der Waals surface area contributed by atoms with Gasteiger partial charge in [0.05, 0.1) is 6.67 Å². The Labute approximate surface area is 83.7 Å². The Morgan fingerprint density at radius 2 is 2.15 bits per heavy atom. The third-order valence-electron chi connectivity index (χ3n) is 2.25. The van der Waals surface area contributed by atoms with Crippen LogP contribution in [0.25, 0.3) is 0 Å². The maximum Gasteiger partial charge on any atom is 0.0960 e. The van der Waals surface area contributed by atoms with Crippen LogP contribution in [-0.2, 0) is 6.42 Å². The van der Waals surface area contributed by atoms with Gasteiger partial charge in [-0.15, -0.1) is 0 Å². The van der Waals surface area contributed by atoms with Gasteiger partial charge in [0.15, 0.2) is 0 Å². The van der Waals surface area contributed by atoms with Gasteiger partial charge in [-0.2, -0.15) is 0 Å². The van der Waals surface area contributed by atoms with Crippen molar-refractivity contribution in [2.75, 3.05) is 6.67 Å². The highest BCUT2D eigenvalue weighted by atomic mass is 35.5. The number of rotatable bonds is 3. The molecule has 0 spiro atoms. The maximum atomic E-state index is 12.5. The molecule has 1 rings (SSSR count). The first kappa shape index (κ1) is 10.5. The molecule has 72 valence electrons. The topological polar surface area (TPSA) is 0 Å². The molecule has 0 aromatic heterocycles. The fraction of sp³-hybridized carbons (Fsp3) is 0.455. The van der Waals surface area contributed by atoms with Crippen molar-refractivity contribution in [3.8, 4) is 0 Å². The summed E-state index contributed by atoms with van der Waals surface area (Å²) in [5.74, 6) is -0.0475. The zero-order valence-corrected chi connectivity index (χ0v) is 8.74. The second-order valence-corrected chi connectivity index (χ2v) is 3.69. The lowest BCUT2D eigenvalue weighted by molar-refractivity contribution is 0.446. The van der Waals surface area contributed by atoms with Crippen LogP contribution in [0, 0.1) is 0 Å². The van der Waals surface area contributed by atoms with Gasteiger partial charge in [-0.1, -0.05) is 31.5 Å². The van der Waals surface area contributed by atoms with Gasteiger partial charge in [0.1, 0.15) is 0 Å². The fourth-order valence-corrected chi connectivity index (χ4v) is 1.61. The molecule has 0 fully saturated rings. The third-order valence-corrected chi connectivity index (χ3v) is 2.49. The lowest BCUT2D eigenvalue weighted by Crippen LogP contribution is -2.00. The van der Waals surface area contributed by atoms with E-state index in [1.54, 1.807) is 0 Å². The second-order valence-electron chi connectivity index (χ2n) is 3.25. The van der Waals surface area contributed by atoms with Gasteiger partial charge in [0.25, 0.3) is 0 Å². The molecule has 1 aromatic carbocycles. The lowest BCUT2D eigenvalue weighted by atomic mass is 9.95. The minimum absolute atomic E-state index is 0.0475. The minimum Gasteiger partial charge on any atom is -0.250 e. The Morgan fingerprint density at radius 3 is 2.69 bits per heavy atom. The molecule has 0 aliphatic carbocycles. The van der Waals surface area contributed by atoms with Crippen LogP contribution in [0.2, 0.25) is 5.02 Å². The fourth-order valence-electron chi connectivity index (χ4n) is 1.43. The van der Waals surface area contributed by atoms with Crippen molar-refractivity contribution >= 4 is 11.6 Å². The van der Waals surface area contributed by atoms with E-state index in [4.69, 9.17) is 11.6 Å². The highest BCUT2D eigenvalue weighted by molar-refractivity contribution is 6.30. The van der Waals surface area contributed by atoms with Crippen LogP contribution in [0.1, 0.15) is 30.9 Å². The van der Waals surface area contributed by atoms with Crippen LogP contribution < -0.4 is 0 Å². The molecule has 0 bridgehead atoms. The Bertz CT molecular complexity index is 283. The first-order chi connectivity index (χ1) is 6.19.